The highest BCUT2D eigenvalue weighted by Gasteiger charge is 2.34. The van der Waals surface area contributed by atoms with E-state index >= 15 is 0 Å². The zero-order chi connectivity index (χ0) is 44.8. The highest BCUT2D eigenvalue weighted by molar-refractivity contribution is 7.27. The normalized spacial score (nSPS) is 12.1. The van der Waals surface area contributed by atoms with E-state index in [0.29, 0.717) is 39.5 Å². The fourth-order valence-corrected chi connectivity index (χ4v) is 13.8. The number of benzene rings is 9. The summed E-state index contributed by atoms with van der Waals surface area (Å²) in [7, 11) is 0. The number of rotatable bonds is 4. The predicted molar refractivity (Wildman–Crippen MR) is 285 cm³/mol. The molecule has 9 aromatic carbocycles. The summed E-state index contributed by atoms with van der Waals surface area (Å²) in [6, 6.07) is 62.1. The zero-order valence-corrected chi connectivity index (χ0v) is 37.5. The molecule has 6 heterocycles. The van der Waals surface area contributed by atoms with Crippen molar-refractivity contribution in [2.45, 2.75) is 0 Å². The van der Waals surface area contributed by atoms with Crippen LogP contribution < -0.4 is 0 Å². The number of hydrogen-bond acceptors (Lipinski definition) is 5. The van der Waals surface area contributed by atoms with E-state index in [9.17, 15) is 11.8 Å². The maximum Gasteiger partial charge on any atom is 0.220 e. The molecule has 0 saturated heterocycles. The van der Waals surface area contributed by atoms with Crippen LogP contribution in [-0.2, 0) is 0 Å². The molecule has 0 aliphatic heterocycles. The van der Waals surface area contributed by atoms with Crippen LogP contribution in [0, 0.1) is 17.9 Å². The SMILES string of the molecule is [C-]#[N+]c1c(-c2ccccc2)c(C#N)c(-n2c3ccc4sc5ccccc5c4c3c3ccc4c5ccccc5sc4c32)c(-c2ccccc2)c1-n1c2nccc3c4ccccc4c4ccnc1c4c32. The van der Waals surface area contributed by atoms with Gasteiger partial charge in [-0.05, 0) is 69.1 Å². The van der Waals surface area contributed by atoms with E-state index in [1.54, 1.807) is 22.7 Å². The van der Waals surface area contributed by atoms with Crippen LogP contribution in [0.4, 0.5) is 5.69 Å². The van der Waals surface area contributed by atoms with Gasteiger partial charge in [0.1, 0.15) is 17.4 Å². The van der Waals surface area contributed by atoms with Gasteiger partial charge >= 0.3 is 0 Å². The van der Waals surface area contributed by atoms with Gasteiger partial charge in [-0.1, -0.05) is 133 Å². The molecule has 0 spiro atoms. The third kappa shape index (κ3) is 4.77. The molecule has 6 nitrogen and oxygen atoms in total. The van der Waals surface area contributed by atoms with Crippen molar-refractivity contribution >= 4 is 134 Å². The highest BCUT2D eigenvalue weighted by Crippen LogP contribution is 2.55. The maximum atomic E-state index is 12.1. The van der Waals surface area contributed by atoms with Gasteiger partial charge in [0.2, 0.25) is 5.69 Å². The first-order valence-electron chi connectivity index (χ1n) is 22.4. The van der Waals surface area contributed by atoms with Crippen LogP contribution in [0.2, 0.25) is 0 Å². The lowest BCUT2D eigenvalue weighted by Crippen LogP contribution is -2.09. The Labute approximate surface area is 395 Å². The smallest absolute Gasteiger partial charge is 0.220 e. The van der Waals surface area contributed by atoms with Crippen LogP contribution in [0.15, 0.2) is 182 Å². The van der Waals surface area contributed by atoms with Gasteiger partial charge in [-0.3, -0.25) is 4.57 Å². The molecule has 0 amide bonds. The van der Waals surface area contributed by atoms with Crippen molar-refractivity contribution in [3.8, 4) is 39.7 Å². The van der Waals surface area contributed by atoms with Gasteiger partial charge in [-0.2, -0.15) is 5.26 Å². The van der Waals surface area contributed by atoms with Crippen LogP contribution in [0.5, 0.6) is 0 Å². The Balaban J connectivity index is 1.25. The van der Waals surface area contributed by atoms with Crippen molar-refractivity contribution in [2.24, 2.45) is 0 Å². The Kier molecular flexibility index (Phi) is 7.58. The van der Waals surface area contributed by atoms with Crippen LogP contribution in [0.3, 0.4) is 0 Å². The third-order valence-corrected chi connectivity index (χ3v) is 16.4. The van der Waals surface area contributed by atoms with Gasteiger partial charge < -0.3 is 4.57 Å². The molecule has 15 rings (SSSR count). The minimum atomic E-state index is 0.351. The molecule has 0 radical (unpaired) electrons. The molecule has 312 valence electrons. The molecular weight excluding hydrogens is 869 g/mol. The van der Waals surface area contributed by atoms with Gasteiger partial charge in [0.15, 0.2) is 0 Å². The Morgan fingerprint density at radius 2 is 1.03 bits per heavy atom. The molecule has 0 saturated carbocycles. The lowest BCUT2D eigenvalue weighted by Gasteiger charge is -2.25. The summed E-state index contributed by atoms with van der Waals surface area (Å²) in [5.74, 6) is 0. The number of nitrogens with zero attached hydrogens (tertiary/aromatic N) is 6. The second-order valence-corrected chi connectivity index (χ2v) is 19.5. The van der Waals surface area contributed by atoms with E-state index in [1.807, 2.05) is 60.9 Å². The Morgan fingerprint density at radius 3 is 1.68 bits per heavy atom. The summed E-state index contributed by atoms with van der Waals surface area (Å²) in [6.45, 7) is 9.31. The standard InChI is InChI=1S/C60H30N6S2/c1-62-54-48(33-14-4-2-5-15-33)43(32-61)55(49(34-16-6-3-7-17-34)57(54)66-59-52-38(28-30-63-59)35-18-8-9-19-36(35)39-29-31-64-60(66)53(39)52)65-44-26-27-47-51(41-21-11-13-23-46(41)67-47)50(44)42-25-24-40-37-20-10-12-22-45(37)68-58(40)56(42)65/h2-31H. The molecule has 0 unspecified atom stereocenters. The number of hydrogen-bond donors (Lipinski definition) is 0. The van der Waals surface area contributed by atoms with Crippen LogP contribution >= 0.6 is 22.7 Å². The molecule has 0 atom stereocenters. The van der Waals surface area contributed by atoms with Crippen LogP contribution in [-0.4, -0.2) is 19.1 Å². The molecule has 0 N–H and O–H groups in total. The summed E-state index contributed by atoms with van der Waals surface area (Å²) >= 11 is 3.59. The minimum absolute atomic E-state index is 0.351. The third-order valence-electron chi connectivity index (χ3n) is 14.0. The molecule has 0 fully saturated rings. The van der Waals surface area contributed by atoms with Gasteiger partial charge in [-0.15, -0.1) is 22.7 Å². The van der Waals surface area contributed by atoms with E-state index in [-0.39, 0.29) is 0 Å². The second-order valence-electron chi connectivity index (χ2n) is 17.3. The molecule has 8 heteroatoms. The average molecular weight is 899 g/mol. The predicted octanol–water partition coefficient (Wildman–Crippen LogP) is 16.9. The molecule has 15 aromatic rings. The average Bonchev–Trinajstić information content (AvgIpc) is 4.16. The van der Waals surface area contributed by atoms with Crippen molar-refractivity contribution in [1.29, 1.82) is 5.26 Å². The monoisotopic (exact) mass is 898 g/mol. The molecule has 68 heavy (non-hydrogen) atoms. The van der Waals surface area contributed by atoms with E-state index in [2.05, 4.69) is 141 Å². The molecule has 0 aliphatic carbocycles. The van der Waals surface area contributed by atoms with Crippen LogP contribution in [0.25, 0.3) is 144 Å². The number of thiophene rings is 2. The van der Waals surface area contributed by atoms with Crippen molar-refractivity contribution in [1.82, 2.24) is 19.1 Å². The highest BCUT2D eigenvalue weighted by atomic mass is 32.1. The minimum Gasteiger partial charge on any atom is -0.306 e. The van der Waals surface area contributed by atoms with E-state index in [4.69, 9.17) is 9.97 Å². The maximum absolute atomic E-state index is 12.1. The van der Waals surface area contributed by atoms with Crippen LogP contribution in [0.1, 0.15) is 5.56 Å². The summed E-state index contributed by atoms with van der Waals surface area (Å²) in [4.78, 5) is 15.0. The summed E-state index contributed by atoms with van der Waals surface area (Å²) < 4.78 is 9.25. The van der Waals surface area contributed by atoms with Crippen molar-refractivity contribution in [2.75, 3.05) is 0 Å². The van der Waals surface area contributed by atoms with E-state index in [1.165, 1.54) is 30.3 Å². The zero-order valence-electron chi connectivity index (χ0n) is 35.8. The largest absolute Gasteiger partial charge is 0.306 e. The molecule has 0 aliphatic rings. The lowest BCUT2D eigenvalue weighted by molar-refractivity contribution is 1.09. The first-order valence-corrected chi connectivity index (χ1v) is 24.0. The van der Waals surface area contributed by atoms with Crippen molar-refractivity contribution < 1.29 is 0 Å². The number of pyridine rings is 2. The Morgan fingerprint density at radius 1 is 0.456 bits per heavy atom. The van der Waals surface area contributed by atoms with E-state index < -0.39 is 0 Å². The molecule has 6 aromatic heterocycles. The molecule has 0 bridgehead atoms. The van der Waals surface area contributed by atoms with Gasteiger partial charge in [0.05, 0.1) is 39.2 Å². The Bertz CT molecular complexity index is 4670. The fourth-order valence-electron chi connectivity index (χ4n) is 11.4. The number of nitriles is 1. The topological polar surface area (TPSA) is 63.8 Å². The first-order chi connectivity index (χ1) is 33.7. The lowest BCUT2D eigenvalue weighted by atomic mass is 9.88. The first kappa shape index (κ1) is 37.3. The van der Waals surface area contributed by atoms with Crippen molar-refractivity contribution in [3.05, 3.63) is 199 Å². The van der Waals surface area contributed by atoms with Gasteiger partial charge in [0.25, 0.3) is 0 Å². The van der Waals surface area contributed by atoms with Crippen molar-refractivity contribution in [3.63, 3.8) is 0 Å². The number of fused-ring (bicyclic) bond motifs is 14. The van der Waals surface area contributed by atoms with Gasteiger partial charge in [0, 0.05) is 80.7 Å². The summed E-state index contributed by atoms with van der Waals surface area (Å²) in [5.41, 5.74) is 8.43. The Hall–Kier alpha value is -8.92. The van der Waals surface area contributed by atoms with E-state index in [0.717, 1.165) is 80.9 Å². The molecular formula is C60H30N6S2. The quantitative estimate of drug-likeness (QED) is 0.131. The number of aromatic nitrogens is 4. The fraction of sp³-hybridized carbons (Fsp3) is 0. The second kappa shape index (κ2) is 13.8. The summed E-state index contributed by atoms with van der Waals surface area (Å²) in [6.07, 6.45) is 3.75. The summed E-state index contributed by atoms with van der Waals surface area (Å²) in [5, 5.41) is 25.4. The van der Waals surface area contributed by atoms with Gasteiger partial charge in [-0.25, -0.2) is 14.8 Å².